The number of thiazole rings is 1. The van der Waals surface area contributed by atoms with Gasteiger partial charge in [0.1, 0.15) is 5.01 Å². The predicted octanol–water partition coefficient (Wildman–Crippen LogP) is 2.07. The molecule has 0 aromatic carbocycles. The Hall–Kier alpha value is -1.31. The summed E-state index contributed by atoms with van der Waals surface area (Å²) >= 11 is 0.942. The molecule has 0 spiro atoms. The molecule has 18 heavy (non-hydrogen) atoms. The van der Waals surface area contributed by atoms with Crippen LogP contribution in [0.1, 0.15) is 23.5 Å². The summed E-state index contributed by atoms with van der Waals surface area (Å²) < 4.78 is 37.0. The molecule has 0 amide bonds. The fourth-order valence-electron chi connectivity index (χ4n) is 1.42. The van der Waals surface area contributed by atoms with Gasteiger partial charge in [0.25, 0.3) is 0 Å². The lowest BCUT2D eigenvalue weighted by molar-refractivity contribution is -0.140. The van der Waals surface area contributed by atoms with Gasteiger partial charge in [-0.1, -0.05) is 0 Å². The molecule has 1 aliphatic rings. The molecule has 0 unspecified atom stereocenters. The van der Waals surface area contributed by atoms with Gasteiger partial charge in [-0.2, -0.15) is 13.2 Å². The lowest BCUT2D eigenvalue weighted by Crippen LogP contribution is -2.35. The van der Waals surface area contributed by atoms with Gasteiger partial charge in [-0.15, -0.1) is 11.3 Å². The summed E-state index contributed by atoms with van der Waals surface area (Å²) in [7, 11) is 1.83. The molecule has 0 saturated heterocycles. The van der Waals surface area contributed by atoms with Gasteiger partial charge in [0.05, 0.1) is 6.54 Å². The van der Waals surface area contributed by atoms with E-state index in [1.165, 1.54) is 0 Å². The minimum atomic E-state index is -4.39. The van der Waals surface area contributed by atoms with E-state index in [1.807, 2.05) is 11.9 Å². The molecule has 0 bridgehead atoms. The van der Waals surface area contributed by atoms with E-state index in [0.29, 0.717) is 17.0 Å². The summed E-state index contributed by atoms with van der Waals surface area (Å²) in [6.07, 6.45) is -2.22. The van der Waals surface area contributed by atoms with E-state index >= 15 is 0 Å². The first-order chi connectivity index (χ1) is 8.38. The number of aromatic nitrogens is 1. The van der Waals surface area contributed by atoms with Crippen LogP contribution in [0.15, 0.2) is 10.4 Å². The molecule has 1 heterocycles. The van der Waals surface area contributed by atoms with Crippen molar-refractivity contribution in [3.05, 3.63) is 16.1 Å². The first-order valence-corrected chi connectivity index (χ1v) is 6.30. The summed E-state index contributed by atoms with van der Waals surface area (Å²) in [5, 5.41) is 1.31. The quantitative estimate of drug-likeness (QED) is 0.680. The predicted molar refractivity (Wildman–Crippen MR) is 63.2 cm³/mol. The average Bonchev–Trinajstić information content (AvgIpc) is 3.02. The van der Waals surface area contributed by atoms with Crippen LogP contribution < -0.4 is 5.73 Å². The molecule has 1 aliphatic carbocycles. The first kappa shape index (κ1) is 13.1. The van der Waals surface area contributed by atoms with Crippen LogP contribution in [-0.2, 0) is 12.7 Å². The number of guanidine groups is 1. The van der Waals surface area contributed by atoms with Crippen molar-refractivity contribution in [2.45, 2.75) is 31.6 Å². The SMILES string of the molecule is CN(C(N)=NCc1nc(C(F)(F)F)cs1)C1CC1. The van der Waals surface area contributed by atoms with Crippen LogP contribution in [0, 0.1) is 0 Å². The van der Waals surface area contributed by atoms with Crippen LogP contribution in [0.4, 0.5) is 13.2 Å². The maximum absolute atomic E-state index is 12.3. The number of hydrogen-bond donors (Lipinski definition) is 1. The second-order valence-electron chi connectivity index (χ2n) is 4.14. The number of alkyl halides is 3. The summed E-state index contributed by atoms with van der Waals surface area (Å²) in [6, 6.07) is 0.427. The van der Waals surface area contributed by atoms with Crippen molar-refractivity contribution < 1.29 is 13.2 Å². The van der Waals surface area contributed by atoms with E-state index in [9.17, 15) is 13.2 Å². The zero-order valence-corrected chi connectivity index (χ0v) is 10.6. The van der Waals surface area contributed by atoms with Gasteiger partial charge < -0.3 is 10.6 Å². The van der Waals surface area contributed by atoms with Gasteiger partial charge >= 0.3 is 6.18 Å². The Morgan fingerprint density at radius 3 is 2.78 bits per heavy atom. The summed E-state index contributed by atoms with van der Waals surface area (Å²) in [5.74, 6) is 0.348. The Labute approximate surface area is 106 Å². The molecule has 1 saturated carbocycles. The highest BCUT2D eigenvalue weighted by Gasteiger charge is 2.33. The van der Waals surface area contributed by atoms with Gasteiger partial charge in [0, 0.05) is 18.5 Å². The Balaban J connectivity index is 1.97. The molecule has 1 aromatic heterocycles. The molecule has 2 N–H and O–H groups in total. The number of nitrogens with zero attached hydrogens (tertiary/aromatic N) is 3. The molecular formula is C10H13F3N4S. The highest BCUT2D eigenvalue weighted by molar-refractivity contribution is 7.09. The molecule has 1 fully saturated rings. The van der Waals surface area contributed by atoms with E-state index in [1.54, 1.807) is 0 Å². The average molecular weight is 278 g/mol. The molecule has 8 heteroatoms. The number of halogens is 3. The third-order valence-electron chi connectivity index (χ3n) is 2.67. The number of aliphatic imine (C=N–C) groups is 1. The third kappa shape index (κ3) is 3.12. The second kappa shape index (κ2) is 4.75. The molecule has 0 radical (unpaired) electrons. The van der Waals surface area contributed by atoms with Crippen molar-refractivity contribution in [2.75, 3.05) is 7.05 Å². The molecule has 0 atom stereocenters. The molecule has 1 aromatic rings. The minimum Gasteiger partial charge on any atom is -0.370 e. The van der Waals surface area contributed by atoms with Gasteiger partial charge in [0.15, 0.2) is 11.7 Å². The van der Waals surface area contributed by atoms with Crippen molar-refractivity contribution in [3.63, 3.8) is 0 Å². The van der Waals surface area contributed by atoms with Crippen molar-refractivity contribution in [2.24, 2.45) is 10.7 Å². The number of rotatable bonds is 3. The van der Waals surface area contributed by atoms with Crippen LogP contribution in [0.25, 0.3) is 0 Å². The van der Waals surface area contributed by atoms with E-state index in [4.69, 9.17) is 5.73 Å². The fraction of sp³-hybridized carbons (Fsp3) is 0.600. The number of hydrogen-bond acceptors (Lipinski definition) is 3. The van der Waals surface area contributed by atoms with Crippen LogP contribution in [0.3, 0.4) is 0 Å². The Kier molecular flexibility index (Phi) is 3.47. The lowest BCUT2D eigenvalue weighted by atomic mass is 10.5. The molecule has 2 rings (SSSR count). The van der Waals surface area contributed by atoms with Crippen molar-refractivity contribution in [3.8, 4) is 0 Å². The zero-order valence-electron chi connectivity index (χ0n) is 9.74. The summed E-state index contributed by atoms with van der Waals surface area (Å²) in [6.45, 7) is 0.0869. The topological polar surface area (TPSA) is 54.5 Å². The molecule has 100 valence electrons. The minimum absolute atomic E-state index is 0.0869. The Morgan fingerprint density at radius 2 is 2.28 bits per heavy atom. The summed E-state index contributed by atoms with van der Waals surface area (Å²) in [5.41, 5.74) is 4.86. The maximum Gasteiger partial charge on any atom is 0.434 e. The van der Waals surface area contributed by atoms with Crippen molar-refractivity contribution >= 4 is 17.3 Å². The first-order valence-electron chi connectivity index (χ1n) is 5.42. The van der Waals surface area contributed by atoms with Gasteiger partial charge in [-0.05, 0) is 12.8 Å². The molecular weight excluding hydrogens is 265 g/mol. The fourth-order valence-corrected chi connectivity index (χ4v) is 2.15. The summed E-state index contributed by atoms with van der Waals surface area (Å²) in [4.78, 5) is 9.38. The maximum atomic E-state index is 12.3. The van der Waals surface area contributed by atoms with Crippen LogP contribution in [0.5, 0.6) is 0 Å². The van der Waals surface area contributed by atoms with Gasteiger partial charge in [-0.3, -0.25) is 0 Å². The standard InChI is InChI=1S/C10H13F3N4S/c1-17(6-2-3-6)9(14)15-4-8-16-7(5-18-8)10(11,12)13/h5-6H,2-4H2,1H3,(H2,14,15). The molecule has 0 aliphatic heterocycles. The monoisotopic (exact) mass is 278 g/mol. The third-order valence-corrected chi connectivity index (χ3v) is 3.51. The highest BCUT2D eigenvalue weighted by Crippen LogP contribution is 2.30. The van der Waals surface area contributed by atoms with Crippen molar-refractivity contribution in [1.29, 1.82) is 0 Å². The largest absolute Gasteiger partial charge is 0.434 e. The van der Waals surface area contributed by atoms with E-state index < -0.39 is 11.9 Å². The molecule has 4 nitrogen and oxygen atoms in total. The Morgan fingerprint density at radius 1 is 1.61 bits per heavy atom. The normalized spacial score (nSPS) is 17.0. The van der Waals surface area contributed by atoms with Crippen LogP contribution in [0.2, 0.25) is 0 Å². The van der Waals surface area contributed by atoms with Crippen LogP contribution >= 0.6 is 11.3 Å². The van der Waals surface area contributed by atoms with Gasteiger partial charge in [-0.25, -0.2) is 9.98 Å². The number of nitrogens with two attached hydrogens (primary N) is 1. The van der Waals surface area contributed by atoms with Crippen LogP contribution in [-0.4, -0.2) is 28.9 Å². The van der Waals surface area contributed by atoms with E-state index in [-0.39, 0.29) is 6.54 Å². The smallest absolute Gasteiger partial charge is 0.370 e. The highest BCUT2D eigenvalue weighted by atomic mass is 32.1. The van der Waals surface area contributed by atoms with Crippen molar-refractivity contribution in [1.82, 2.24) is 9.88 Å². The lowest BCUT2D eigenvalue weighted by Gasteiger charge is -2.16. The van der Waals surface area contributed by atoms with E-state index in [2.05, 4.69) is 9.98 Å². The zero-order chi connectivity index (χ0) is 13.3. The van der Waals surface area contributed by atoms with E-state index in [0.717, 1.165) is 29.6 Å². The second-order valence-corrected chi connectivity index (χ2v) is 5.08. The Bertz CT molecular complexity index is 450. The van der Waals surface area contributed by atoms with Gasteiger partial charge in [0.2, 0.25) is 0 Å².